The van der Waals surface area contributed by atoms with Crippen LogP contribution in [0.1, 0.15) is 25.5 Å². The van der Waals surface area contributed by atoms with E-state index in [9.17, 15) is 9.59 Å². The van der Waals surface area contributed by atoms with Gasteiger partial charge in [-0.1, -0.05) is 55.8 Å². The van der Waals surface area contributed by atoms with Crippen LogP contribution < -0.4 is 15.4 Å². The minimum Gasteiger partial charge on any atom is -0.495 e. The van der Waals surface area contributed by atoms with E-state index in [1.165, 1.54) is 12.0 Å². The summed E-state index contributed by atoms with van der Waals surface area (Å²) in [7, 11) is 3.11. The molecule has 6 nitrogen and oxygen atoms in total. The van der Waals surface area contributed by atoms with E-state index in [1.54, 1.807) is 25.2 Å². The van der Waals surface area contributed by atoms with Crippen LogP contribution in [-0.4, -0.2) is 44.0 Å². The molecule has 29 heavy (non-hydrogen) atoms. The van der Waals surface area contributed by atoms with Crippen molar-refractivity contribution in [3.05, 3.63) is 59.1 Å². The number of ether oxygens (including phenoxy) is 1. The summed E-state index contributed by atoms with van der Waals surface area (Å²) in [6.07, 6.45) is 0. The largest absolute Gasteiger partial charge is 0.495 e. The van der Waals surface area contributed by atoms with Crippen LogP contribution in [0.2, 0.25) is 5.02 Å². The lowest BCUT2D eigenvalue weighted by molar-refractivity contribution is -0.132. The topological polar surface area (TPSA) is 70.7 Å². The van der Waals surface area contributed by atoms with Crippen molar-refractivity contribution in [3.8, 4) is 5.75 Å². The second kappa shape index (κ2) is 10.8. The number of nitrogens with zero attached hydrogens (tertiary/aromatic N) is 1. The molecule has 0 unspecified atom stereocenters. The van der Waals surface area contributed by atoms with Gasteiger partial charge < -0.3 is 20.3 Å². The van der Waals surface area contributed by atoms with Gasteiger partial charge in [-0.3, -0.25) is 9.59 Å². The highest BCUT2D eigenvalue weighted by atomic mass is 35.5. The van der Waals surface area contributed by atoms with Gasteiger partial charge in [-0.05, 0) is 29.7 Å². The Hall–Kier alpha value is -2.57. The van der Waals surface area contributed by atoms with Crippen molar-refractivity contribution in [2.24, 2.45) is 5.92 Å². The first-order chi connectivity index (χ1) is 13.8. The third kappa shape index (κ3) is 6.76. The molecule has 0 saturated carbocycles. The van der Waals surface area contributed by atoms with E-state index in [1.807, 2.05) is 30.3 Å². The van der Waals surface area contributed by atoms with Gasteiger partial charge in [-0.25, -0.2) is 0 Å². The molecule has 0 fully saturated rings. The van der Waals surface area contributed by atoms with Gasteiger partial charge in [-0.2, -0.15) is 0 Å². The molecule has 0 spiro atoms. The normalized spacial score (nSPS) is 11.8. The number of carbonyl (C=O) groups excluding carboxylic acids is 2. The fraction of sp³-hybridized carbons (Fsp3) is 0.364. The molecule has 0 bridgehead atoms. The zero-order valence-electron chi connectivity index (χ0n) is 17.2. The maximum atomic E-state index is 12.5. The van der Waals surface area contributed by atoms with E-state index < -0.39 is 0 Å². The zero-order chi connectivity index (χ0) is 21.4. The highest BCUT2D eigenvalue weighted by molar-refractivity contribution is 6.31. The fourth-order valence-electron chi connectivity index (χ4n) is 3.00. The molecule has 0 aliphatic heterocycles. The van der Waals surface area contributed by atoms with Crippen LogP contribution in [0.25, 0.3) is 0 Å². The summed E-state index contributed by atoms with van der Waals surface area (Å²) >= 11 is 5.98. The highest BCUT2D eigenvalue weighted by Gasteiger charge is 2.19. The molecule has 2 aromatic rings. The number of methoxy groups -OCH3 is 1. The quantitative estimate of drug-likeness (QED) is 0.652. The summed E-state index contributed by atoms with van der Waals surface area (Å²) in [5, 5.41) is 6.52. The lowest BCUT2D eigenvalue weighted by Gasteiger charge is -2.24. The third-order valence-electron chi connectivity index (χ3n) is 4.54. The van der Waals surface area contributed by atoms with Gasteiger partial charge in [0.25, 0.3) is 0 Å². The maximum absolute atomic E-state index is 12.5. The van der Waals surface area contributed by atoms with E-state index in [0.29, 0.717) is 22.4 Å². The number of anilines is 1. The van der Waals surface area contributed by atoms with Crippen molar-refractivity contribution >= 4 is 29.1 Å². The van der Waals surface area contributed by atoms with Gasteiger partial charge in [-0.15, -0.1) is 0 Å². The van der Waals surface area contributed by atoms with Crippen LogP contribution in [0, 0.1) is 5.92 Å². The van der Waals surface area contributed by atoms with Crippen molar-refractivity contribution in [1.29, 1.82) is 0 Å². The number of rotatable bonds is 9. The summed E-state index contributed by atoms with van der Waals surface area (Å²) in [6.45, 7) is 4.27. The molecule has 7 heteroatoms. The highest BCUT2D eigenvalue weighted by Crippen LogP contribution is 2.27. The van der Waals surface area contributed by atoms with E-state index in [0.717, 1.165) is 5.56 Å². The minimum absolute atomic E-state index is 0.0538. The predicted octanol–water partition coefficient (Wildman–Crippen LogP) is 3.73. The third-order valence-corrected chi connectivity index (χ3v) is 4.78. The van der Waals surface area contributed by atoms with Gasteiger partial charge in [0.1, 0.15) is 5.75 Å². The molecule has 2 amide bonds. The molecular weight excluding hydrogens is 390 g/mol. The number of carbonyl (C=O) groups is 2. The molecule has 0 aliphatic carbocycles. The number of nitrogens with one attached hydrogen (secondary N) is 2. The average molecular weight is 418 g/mol. The van der Waals surface area contributed by atoms with E-state index in [2.05, 4.69) is 24.5 Å². The van der Waals surface area contributed by atoms with Crippen molar-refractivity contribution in [3.63, 3.8) is 0 Å². The molecule has 0 saturated heterocycles. The SMILES string of the molecule is COc1ccc(Cl)cc1NC(=O)CN(C)C(=O)CN[C@H](c1ccccc1)C(C)C. The maximum Gasteiger partial charge on any atom is 0.244 e. The molecule has 2 N–H and O–H groups in total. The Morgan fingerprint density at radius 3 is 2.45 bits per heavy atom. The first-order valence-corrected chi connectivity index (χ1v) is 9.85. The number of hydrogen-bond acceptors (Lipinski definition) is 4. The molecule has 2 rings (SSSR count). The summed E-state index contributed by atoms with van der Waals surface area (Å²) in [5.74, 6) is 0.319. The van der Waals surface area contributed by atoms with Crippen molar-refractivity contribution in [2.75, 3.05) is 32.6 Å². The number of amides is 2. The molecule has 0 aromatic heterocycles. The van der Waals surface area contributed by atoms with Crippen LogP contribution >= 0.6 is 11.6 Å². The summed E-state index contributed by atoms with van der Waals surface area (Å²) in [4.78, 5) is 26.2. The Bertz CT molecular complexity index is 827. The fourth-order valence-corrected chi connectivity index (χ4v) is 3.17. The first-order valence-electron chi connectivity index (χ1n) is 9.47. The molecular formula is C22H28ClN3O3. The predicted molar refractivity (Wildman–Crippen MR) is 116 cm³/mol. The molecule has 156 valence electrons. The van der Waals surface area contributed by atoms with Crippen LogP contribution in [0.3, 0.4) is 0 Å². The number of likely N-dealkylation sites (N-methyl/N-ethyl adjacent to an activating group) is 1. The van der Waals surface area contributed by atoms with Crippen LogP contribution in [-0.2, 0) is 9.59 Å². The van der Waals surface area contributed by atoms with E-state index in [4.69, 9.17) is 16.3 Å². The van der Waals surface area contributed by atoms with E-state index in [-0.39, 0.29) is 30.9 Å². The Morgan fingerprint density at radius 1 is 1.14 bits per heavy atom. The first kappa shape index (κ1) is 22.7. The van der Waals surface area contributed by atoms with Gasteiger partial charge >= 0.3 is 0 Å². The molecule has 2 aromatic carbocycles. The number of hydrogen-bond donors (Lipinski definition) is 2. The molecule has 0 heterocycles. The van der Waals surface area contributed by atoms with E-state index >= 15 is 0 Å². The van der Waals surface area contributed by atoms with Crippen molar-refractivity contribution < 1.29 is 14.3 Å². The Morgan fingerprint density at radius 2 is 1.83 bits per heavy atom. The minimum atomic E-state index is -0.329. The van der Waals surface area contributed by atoms with Gasteiger partial charge in [0.2, 0.25) is 11.8 Å². The second-order valence-corrected chi connectivity index (χ2v) is 7.59. The molecule has 1 atom stereocenters. The van der Waals surface area contributed by atoms with Crippen LogP contribution in [0.5, 0.6) is 5.75 Å². The smallest absolute Gasteiger partial charge is 0.244 e. The summed E-state index contributed by atoms with van der Waals surface area (Å²) in [6, 6.07) is 15.0. The summed E-state index contributed by atoms with van der Waals surface area (Å²) in [5.41, 5.74) is 1.59. The van der Waals surface area contributed by atoms with Gasteiger partial charge in [0.15, 0.2) is 0 Å². The second-order valence-electron chi connectivity index (χ2n) is 7.16. The Balaban J connectivity index is 1.91. The van der Waals surface area contributed by atoms with Crippen LogP contribution in [0.4, 0.5) is 5.69 Å². The molecule has 0 aliphatic rings. The number of benzene rings is 2. The molecule has 0 radical (unpaired) electrons. The standard InChI is InChI=1S/C22H28ClN3O3/c1-15(2)22(16-8-6-5-7-9-16)24-13-21(28)26(3)14-20(27)25-18-12-17(23)10-11-19(18)29-4/h5-12,15,22,24H,13-14H2,1-4H3,(H,25,27)/t22-/m0/s1. The van der Waals surface area contributed by atoms with Gasteiger partial charge in [0.05, 0.1) is 25.9 Å². The zero-order valence-corrected chi connectivity index (χ0v) is 18.0. The lowest BCUT2D eigenvalue weighted by atomic mass is 9.96. The Kier molecular flexibility index (Phi) is 8.49. The van der Waals surface area contributed by atoms with Crippen LogP contribution in [0.15, 0.2) is 48.5 Å². The Labute approximate surface area is 177 Å². The van der Waals surface area contributed by atoms with Gasteiger partial charge in [0, 0.05) is 18.1 Å². The summed E-state index contributed by atoms with van der Waals surface area (Å²) < 4.78 is 5.22. The van der Waals surface area contributed by atoms with Crippen molar-refractivity contribution in [2.45, 2.75) is 19.9 Å². The lowest BCUT2D eigenvalue weighted by Crippen LogP contribution is -2.41. The monoisotopic (exact) mass is 417 g/mol. The van der Waals surface area contributed by atoms with Crippen molar-refractivity contribution in [1.82, 2.24) is 10.2 Å². The average Bonchev–Trinajstić information content (AvgIpc) is 2.68. The number of halogens is 1.